The average Bonchev–Trinajstić information content (AvgIpc) is 2.96. The molecule has 3 aromatic rings. The van der Waals surface area contributed by atoms with E-state index in [9.17, 15) is 4.55 Å². The van der Waals surface area contributed by atoms with E-state index in [4.69, 9.17) is 4.74 Å². The predicted molar refractivity (Wildman–Crippen MR) is 85.1 cm³/mol. The van der Waals surface area contributed by atoms with Gasteiger partial charge in [-0.25, -0.2) is 15.0 Å². The molecule has 1 unspecified atom stereocenters. The van der Waals surface area contributed by atoms with Crippen molar-refractivity contribution in [3.05, 3.63) is 43.2 Å². The SMILES string of the molecule is C=CCOc1cc([S+](C)[O-])ccc1-c1nc2nccnc2[nH]1. The number of fused-ring (bicyclic) bond motifs is 1. The van der Waals surface area contributed by atoms with Gasteiger partial charge in [-0.15, -0.1) is 0 Å². The van der Waals surface area contributed by atoms with Crippen LogP contribution in [0.4, 0.5) is 0 Å². The Balaban J connectivity index is 2.09. The first kappa shape index (κ1) is 14.6. The minimum Gasteiger partial charge on any atom is -0.612 e. The van der Waals surface area contributed by atoms with Gasteiger partial charge in [0.2, 0.25) is 0 Å². The van der Waals surface area contributed by atoms with Gasteiger partial charge in [-0.3, -0.25) is 0 Å². The van der Waals surface area contributed by atoms with Crippen LogP contribution in [0.5, 0.6) is 5.75 Å². The van der Waals surface area contributed by atoms with E-state index in [-0.39, 0.29) is 0 Å². The Labute approximate surface area is 130 Å². The third-order valence-electron chi connectivity index (χ3n) is 3.03. The smallest absolute Gasteiger partial charge is 0.197 e. The molecule has 0 aliphatic heterocycles. The van der Waals surface area contributed by atoms with E-state index in [2.05, 4.69) is 26.5 Å². The maximum absolute atomic E-state index is 11.7. The number of aromatic nitrogens is 4. The van der Waals surface area contributed by atoms with Crippen LogP contribution in [0.2, 0.25) is 0 Å². The fourth-order valence-corrected chi connectivity index (χ4v) is 2.55. The number of H-pyrrole nitrogens is 1. The quantitative estimate of drug-likeness (QED) is 0.577. The summed E-state index contributed by atoms with van der Waals surface area (Å²) in [4.78, 5) is 16.5. The summed E-state index contributed by atoms with van der Waals surface area (Å²) in [6.07, 6.45) is 6.47. The van der Waals surface area contributed by atoms with Gasteiger partial charge >= 0.3 is 0 Å². The molecular formula is C15H14N4O2S. The number of imidazole rings is 1. The summed E-state index contributed by atoms with van der Waals surface area (Å²) >= 11 is -1.09. The second-order valence-electron chi connectivity index (χ2n) is 4.53. The van der Waals surface area contributed by atoms with Crippen LogP contribution in [0.25, 0.3) is 22.7 Å². The summed E-state index contributed by atoms with van der Waals surface area (Å²) < 4.78 is 17.3. The molecule has 6 nitrogen and oxygen atoms in total. The zero-order chi connectivity index (χ0) is 15.5. The fourth-order valence-electron chi connectivity index (χ4n) is 2.02. The number of hydrogen-bond acceptors (Lipinski definition) is 5. The standard InChI is InChI=1S/C15H14N4O2S/c1-3-8-21-12-9-10(22(2)20)4-5-11(12)13-18-14-15(19-13)17-7-6-16-14/h3-7,9H,1,8H2,2H3,(H,16,17,18,19). The molecule has 1 atom stereocenters. The Kier molecular flexibility index (Phi) is 4.08. The molecule has 0 radical (unpaired) electrons. The lowest BCUT2D eigenvalue weighted by molar-refractivity contribution is 0.363. The zero-order valence-electron chi connectivity index (χ0n) is 11.9. The summed E-state index contributed by atoms with van der Waals surface area (Å²) in [7, 11) is 0. The molecule has 1 aromatic carbocycles. The molecular weight excluding hydrogens is 300 g/mol. The van der Waals surface area contributed by atoms with Gasteiger partial charge in [0.15, 0.2) is 16.2 Å². The molecule has 2 aromatic heterocycles. The van der Waals surface area contributed by atoms with E-state index in [1.807, 2.05) is 6.07 Å². The summed E-state index contributed by atoms with van der Waals surface area (Å²) in [6.45, 7) is 3.99. The van der Waals surface area contributed by atoms with Crippen molar-refractivity contribution in [1.82, 2.24) is 19.9 Å². The van der Waals surface area contributed by atoms with Crippen LogP contribution in [0, 0.1) is 0 Å². The highest BCUT2D eigenvalue weighted by Gasteiger charge is 2.15. The van der Waals surface area contributed by atoms with Crippen LogP contribution in [-0.2, 0) is 11.2 Å². The molecule has 7 heteroatoms. The van der Waals surface area contributed by atoms with E-state index in [0.29, 0.717) is 34.4 Å². The first-order chi connectivity index (χ1) is 10.7. The Morgan fingerprint density at radius 1 is 1.36 bits per heavy atom. The summed E-state index contributed by atoms with van der Waals surface area (Å²) in [6, 6.07) is 5.37. The van der Waals surface area contributed by atoms with E-state index in [1.165, 1.54) is 0 Å². The van der Waals surface area contributed by atoms with Crippen molar-refractivity contribution in [2.45, 2.75) is 4.90 Å². The lowest BCUT2D eigenvalue weighted by Crippen LogP contribution is -2.01. The molecule has 3 rings (SSSR count). The van der Waals surface area contributed by atoms with Crippen molar-refractivity contribution in [2.24, 2.45) is 0 Å². The highest BCUT2D eigenvalue weighted by Crippen LogP contribution is 2.31. The van der Waals surface area contributed by atoms with E-state index >= 15 is 0 Å². The number of nitrogens with one attached hydrogen (secondary N) is 1. The number of rotatable bonds is 5. The molecule has 0 saturated heterocycles. The topological polar surface area (TPSA) is 86.8 Å². The summed E-state index contributed by atoms with van der Waals surface area (Å²) in [5.74, 6) is 1.19. The molecule has 0 aliphatic rings. The van der Waals surface area contributed by atoms with E-state index in [0.717, 1.165) is 5.56 Å². The summed E-state index contributed by atoms with van der Waals surface area (Å²) in [5.41, 5.74) is 1.90. The number of benzene rings is 1. The first-order valence-corrected chi connectivity index (χ1v) is 8.13. The highest BCUT2D eigenvalue weighted by molar-refractivity contribution is 7.90. The maximum Gasteiger partial charge on any atom is 0.197 e. The van der Waals surface area contributed by atoms with Crippen molar-refractivity contribution in [3.63, 3.8) is 0 Å². The van der Waals surface area contributed by atoms with E-state index in [1.54, 1.807) is 36.9 Å². The average molecular weight is 314 g/mol. The second kappa shape index (κ2) is 6.17. The molecule has 1 N–H and O–H groups in total. The molecule has 2 heterocycles. The van der Waals surface area contributed by atoms with Crippen LogP contribution >= 0.6 is 0 Å². The Bertz CT molecular complexity index is 783. The fraction of sp³-hybridized carbons (Fsp3) is 0.133. The zero-order valence-corrected chi connectivity index (χ0v) is 12.8. The van der Waals surface area contributed by atoms with Gasteiger partial charge in [-0.05, 0) is 23.3 Å². The maximum atomic E-state index is 11.7. The van der Waals surface area contributed by atoms with Gasteiger partial charge in [0.05, 0.1) is 5.56 Å². The number of hydrogen-bond donors (Lipinski definition) is 1. The number of aromatic amines is 1. The summed E-state index contributed by atoms with van der Waals surface area (Å²) in [5, 5.41) is 0. The normalized spacial score (nSPS) is 12.3. The Morgan fingerprint density at radius 2 is 2.18 bits per heavy atom. The monoisotopic (exact) mass is 314 g/mol. The molecule has 0 bridgehead atoms. The van der Waals surface area contributed by atoms with Crippen molar-refractivity contribution < 1.29 is 9.29 Å². The van der Waals surface area contributed by atoms with Gasteiger partial charge in [-0.1, -0.05) is 12.7 Å². The minimum atomic E-state index is -1.09. The van der Waals surface area contributed by atoms with Crippen LogP contribution in [0.3, 0.4) is 0 Å². The third-order valence-corrected chi connectivity index (χ3v) is 3.95. The van der Waals surface area contributed by atoms with Crippen molar-refractivity contribution >= 4 is 22.5 Å². The van der Waals surface area contributed by atoms with Gasteiger partial charge in [0.25, 0.3) is 0 Å². The Hall–Kier alpha value is -2.38. The van der Waals surface area contributed by atoms with Gasteiger partial charge < -0.3 is 14.3 Å². The van der Waals surface area contributed by atoms with Crippen LogP contribution in [0.15, 0.2) is 48.1 Å². The predicted octanol–water partition coefficient (Wildman–Crippen LogP) is 2.32. The van der Waals surface area contributed by atoms with Crippen molar-refractivity contribution in [1.29, 1.82) is 0 Å². The molecule has 0 fully saturated rings. The molecule has 0 amide bonds. The van der Waals surface area contributed by atoms with Gasteiger partial charge in [0.1, 0.15) is 24.4 Å². The van der Waals surface area contributed by atoms with E-state index < -0.39 is 11.2 Å². The number of nitrogens with zero attached hydrogens (tertiary/aromatic N) is 3. The molecule has 0 saturated carbocycles. The largest absolute Gasteiger partial charge is 0.612 e. The van der Waals surface area contributed by atoms with Crippen LogP contribution < -0.4 is 4.74 Å². The first-order valence-electron chi connectivity index (χ1n) is 6.57. The molecule has 0 spiro atoms. The van der Waals surface area contributed by atoms with Gasteiger partial charge in [0, 0.05) is 18.5 Å². The van der Waals surface area contributed by atoms with Crippen molar-refractivity contribution in [3.8, 4) is 17.1 Å². The molecule has 0 aliphatic carbocycles. The third kappa shape index (κ3) is 2.81. The molecule has 112 valence electrons. The van der Waals surface area contributed by atoms with Crippen LogP contribution in [0.1, 0.15) is 0 Å². The van der Waals surface area contributed by atoms with Crippen LogP contribution in [-0.4, -0.2) is 37.4 Å². The highest BCUT2D eigenvalue weighted by atomic mass is 32.2. The lowest BCUT2D eigenvalue weighted by Gasteiger charge is -2.11. The van der Waals surface area contributed by atoms with Gasteiger partial charge in [-0.2, -0.15) is 0 Å². The second-order valence-corrected chi connectivity index (χ2v) is 5.91. The Morgan fingerprint density at radius 3 is 2.91 bits per heavy atom. The lowest BCUT2D eigenvalue weighted by atomic mass is 10.2. The number of ether oxygens (including phenoxy) is 1. The van der Waals surface area contributed by atoms with Crippen molar-refractivity contribution in [2.75, 3.05) is 12.9 Å². The molecule has 22 heavy (non-hydrogen) atoms. The minimum absolute atomic E-state index is 0.351.